The van der Waals surface area contributed by atoms with Crippen LogP contribution < -0.4 is 9.47 Å². The van der Waals surface area contributed by atoms with Crippen LogP contribution in [0.15, 0.2) is 18.2 Å². The van der Waals surface area contributed by atoms with Crippen molar-refractivity contribution in [3.8, 4) is 11.5 Å². The van der Waals surface area contributed by atoms with Gasteiger partial charge in [-0.1, -0.05) is 18.6 Å². The van der Waals surface area contributed by atoms with Gasteiger partial charge in [-0.15, -0.1) is 0 Å². The first-order valence-electron chi connectivity index (χ1n) is 7.11. The third-order valence-electron chi connectivity index (χ3n) is 3.98. The van der Waals surface area contributed by atoms with E-state index in [-0.39, 0.29) is 12.6 Å². The smallest absolute Gasteiger partial charge is 0.165 e. The van der Waals surface area contributed by atoms with E-state index in [4.69, 9.17) is 9.47 Å². The van der Waals surface area contributed by atoms with Gasteiger partial charge in [0.05, 0.1) is 6.61 Å². The van der Waals surface area contributed by atoms with Gasteiger partial charge < -0.3 is 14.6 Å². The summed E-state index contributed by atoms with van der Waals surface area (Å²) in [7, 11) is 0. The van der Waals surface area contributed by atoms with Gasteiger partial charge in [-0.3, -0.25) is 4.90 Å². The summed E-state index contributed by atoms with van der Waals surface area (Å²) in [5.41, 5.74) is 1.16. The number of aliphatic hydroxyl groups excluding tert-OH is 1. The molecule has 1 N–H and O–H groups in total. The topological polar surface area (TPSA) is 41.9 Å². The van der Waals surface area contributed by atoms with E-state index in [9.17, 15) is 5.11 Å². The van der Waals surface area contributed by atoms with Crippen LogP contribution in [-0.2, 0) is 6.54 Å². The van der Waals surface area contributed by atoms with Gasteiger partial charge >= 0.3 is 0 Å². The molecule has 2 aliphatic heterocycles. The van der Waals surface area contributed by atoms with Crippen molar-refractivity contribution in [2.24, 2.45) is 0 Å². The summed E-state index contributed by atoms with van der Waals surface area (Å²) in [6, 6.07) is 6.35. The highest BCUT2D eigenvalue weighted by Gasteiger charge is 2.24. The second kappa shape index (κ2) is 5.80. The maximum atomic E-state index is 9.48. The zero-order valence-corrected chi connectivity index (χ0v) is 11.2. The average Bonchev–Trinajstić information content (AvgIpc) is 2.48. The van der Waals surface area contributed by atoms with Crippen LogP contribution in [0.4, 0.5) is 0 Å². The van der Waals surface area contributed by atoms with Crippen molar-refractivity contribution in [1.29, 1.82) is 0 Å². The lowest BCUT2D eigenvalue weighted by molar-refractivity contribution is 0.0820. The summed E-state index contributed by atoms with van der Waals surface area (Å²) in [5.74, 6) is 1.73. The Balaban J connectivity index is 1.78. The van der Waals surface area contributed by atoms with Crippen LogP contribution in [0.2, 0.25) is 0 Å². The summed E-state index contributed by atoms with van der Waals surface area (Å²) in [4.78, 5) is 2.36. The van der Waals surface area contributed by atoms with Crippen LogP contribution >= 0.6 is 0 Å². The molecule has 0 radical (unpaired) electrons. The minimum atomic E-state index is 0.242. The molecule has 19 heavy (non-hydrogen) atoms. The molecule has 4 heteroatoms. The van der Waals surface area contributed by atoms with Crippen molar-refractivity contribution >= 4 is 0 Å². The fourth-order valence-corrected chi connectivity index (χ4v) is 2.95. The molecule has 0 bridgehead atoms. The summed E-state index contributed by atoms with van der Waals surface area (Å²) in [6.07, 6.45) is 3.51. The Morgan fingerprint density at radius 3 is 3.00 bits per heavy atom. The number of ether oxygens (including phenoxy) is 2. The van der Waals surface area contributed by atoms with Gasteiger partial charge in [-0.2, -0.15) is 0 Å². The SMILES string of the molecule is OCC1CCCCN1Cc1cccc2c1OCCO2. The molecule has 104 valence electrons. The first-order valence-corrected chi connectivity index (χ1v) is 7.11. The summed E-state index contributed by atoms with van der Waals surface area (Å²) in [6.45, 7) is 3.37. The monoisotopic (exact) mass is 263 g/mol. The van der Waals surface area contributed by atoms with Gasteiger partial charge in [0, 0.05) is 18.2 Å². The van der Waals surface area contributed by atoms with Crippen molar-refractivity contribution < 1.29 is 14.6 Å². The van der Waals surface area contributed by atoms with Crippen molar-refractivity contribution in [1.82, 2.24) is 4.90 Å². The molecule has 4 nitrogen and oxygen atoms in total. The molecule has 0 aromatic heterocycles. The van der Waals surface area contributed by atoms with E-state index in [2.05, 4.69) is 11.0 Å². The molecular weight excluding hydrogens is 242 g/mol. The Morgan fingerprint density at radius 2 is 2.11 bits per heavy atom. The number of aliphatic hydroxyl groups is 1. The molecule has 0 aliphatic carbocycles. The van der Waals surface area contributed by atoms with E-state index in [1.54, 1.807) is 0 Å². The standard InChI is InChI=1S/C15H21NO3/c17-11-13-5-1-2-7-16(13)10-12-4-3-6-14-15(12)19-9-8-18-14/h3-4,6,13,17H,1-2,5,7-11H2. The highest BCUT2D eigenvalue weighted by Crippen LogP contribution is 2.35. The Labute approximate surface area is 113 Å². The number of para-hydroxylation sites is 1. The average molecular weight is 263 g/mol. The van der Waals surface area contributed by atoms with Gasteiger partial charge in [0.1, 0.15) is 13.2 Å². The van der Waals surface area contributed by atoms with Crippen molar-refractivity contribution in [3.63, 3.8) is 0 Å². The van der Waals surface area contributed by atoms with Crippen LogP contribution in [0.1, 0.15) is 24.8 Å². The first kappa shape index (κ1) is 12.8. The van der Waals surface area contributed by atoms with Crippen LogP contribution in [0.5, 0.6) is 11.5 Å². The lowest BCUT2D eigenvalue weighted by Crippen LogP contribution is -2.41. The van der Waals surface area contributed by atoms with Crippen molar-refractivity contribution in [3.05, 3.63) is 23.8 Å². The summed E-state index contributed by atoms with van der Waals surface area (Å²) >= 11 is 0. The maximum Gasteiger partial charge on any atom is 0.165 e. The van der Waals surface area contributed by atoms with E-state index in [1.807, 2.05) is 12.1 Å². The quantitative estimate of drug-likeness (QED) is 0.903. The van der Waals surface area contributed by atoms with E-state index in [0.717, 1.165) is 36.6 Å². The number of fused-ring (bicyclic) bond motifs is 1. The molecule has 2 heterocycles. The van der Waals surface area contributed by atoms with E-state index in [0.29, 0.717) is 13.2 Å². The predicted molar refractivity (Wildman–Crippen MR) is 72.6 cm³/mol. The van der Waals surface area contributed by atoms with E-state index >= 15 is 0 Å². The van der Waals surface area contributed by atoms with Gasteiger partial charge in [-0.05, 0) is 25.5 Å². The largest absolute Gasteiger partial charge is 0.486 e. The van der Waals surface area contributed by atoms with E-state index < -0.39 is 0 Å². The molecule has 1 aromatic rings. The summed E-state index contributed by atoms with van der Waals surface area (Å²) < 4.78 is 11.4. The number of hydrogen-bond acceptors (Lipinski definition) is 4. The molecule has 1 fully saturated rings. The fourth-order valence-electron chi connectivity index (χ4n) is 2.95. The molecule has 3 rings (SSSR count). The van der Waals surface area contributed by atoms with Gasteiger partial charge in [0.2, 0.25) is 0 Å². The second-order valence-corrected chi connectivity index (χ2v) is 5.24. The van der Waals surface area contributed by atoms with Crippen LogP contribution in [-0.4, -0.2) is 42.4 Å². The second-order valence-electron chi connectivity index (χ2n) is 5.24. The van der Waals surface area contributed by atoms with Crippen LogP contribution in [0.3, 0.4) is 0 Å². The Kier molecular flexibility index (Phi) is 3.89. The van der Waals surface area contributed by atoms with Crippen molar-refractivity contribution in [2.75, 3.05) is 26.4 Å². The van der Waals surface area contributed by atoms with E-state index in [1.165, 1.54) is 12.8 Å². The minimum absolute atomic E-state index is 0.242. The fraction of sp³-hybridized carbons (Fsp3) is 0.600. The number of hydrogen-bond donors (Lipinski definition) is 1. The highest BCUT2D eigenvalue weighted by molar-refractivity contribution is 5.47. The normalized spacial score (nSPS) is 23.3. The maximum absolute atomic E-state index is 9.48. The van der Waals surface area contributed by atoms with Crippen LogP contribution in [0.25, 0.3) is 0 Å². The molecule has 1 unspecified atom stereocenters. The van der Waals surface area contributed by atoms with Gasteiger partial charge in [0.25, 0.3) is 0 Å². The number of rotatable bonds is 3. The third-order valence-corrected chi connectivity index (χ3v) is 3.98. The highest BCUT2D eigenvalue weighted by atomic mass is 16.6. The molecule has 1 saturated heterocycles. The lowest BCUT2D eigenvalue weighted by atomic mass is 10.0. The molecule has 0 saturated carbocycles. The Hall–Kier alpha value is -1.26. The van der Waals surface area contributed by atoms with Gasteiger partial charge in [-0.25, -0.2) is 0 Å². The number of piperidine rings is 1. The Bertz CT molecular complexity index is 435. The Morgan fingerprint density at radius 1 is 1.21 bits per heavy atom. The zero-order chi connectivity index (χ0) is 13.1. The molecular formula is C15H21NO3. The number of benzene rings is 1. The number of likely N-dealkylation sites (tertiary alicyclic amines) is 1. The third kappa shape index (κ3) is 2.69. The molecule has 1 aromatic carbocycles. The molecule has 0 spiro atoms. The lowest BCUT2D eigenvalue weighted by Gasteiger charge is -2.35. The molecule has 1 atom stereocenters. The number of nitrogens with zero attached hydrogens (tertiary/aromatic N) is 1. The predicted octanol–water partition coefficient (Wildman–Crippen LogP) is 1.80. The zero-order valence-electron chi connectivity index (χ0n) is 11.2. The first-order chi connectivity index (χ1) is 9.38. The minimum Gasteiger partial charge on any atom is -0.486 e. The summed E-state index contributed by atoms with van der Waals surface area (Å²) in [5, 5.41) is 9.48. The molecule has 0 amide bonds. The van der Waals surface area contributed by atoms with Crippen LogP contribution in [0, 0.1) is 0 Å². The molecule has 2 aliphatic rings. The van der Waals surface area contributed by atoms with Gasteiger partial charge in [0.15, 0.2) is 11.5 Å². The van der Waals surface area contributed by atoms with Crippen molar-refractivity contribution in [2.45, 2.75) is 31.8 Å².